The molecule has 0 aliphatic carbocycles. The molecule has 0 fully saturated rings. The fourth-order valence-electron chi connectivity index (χ4n) is 1.39. The zero-order chi connectivity index (χ0) is 12.8. The number of anilines is 1. The topological polar surface area (TPSA) is 55.1 Å². The zero-order valence-corrected chi connectivity index (χ0v) is 11.3. The summed E-state index contributed by atoms with van der Waals surface area (Å²) in [5.41, 5.74) is 5.78. The molecule has 0 heterocycles. The van der Waals surface area contributed by atoms with Crippen LogP contribution in [0.15, 0.2) is 22.7 Å². The van der Waals surface area contributed by atoms with Gasteiger partial charge in [0, 0.05) is 16.9 Å². The van der Waals surface area contributed by atoms with Gasteiger partial charge in [-0.05, 0) is 38.0 Å². The van der Waals surface area contributed by atoms with Crippen LogP contribution >= 0.6 is 15.9 Å². The zero-order valence-electron chi connectivity index (χ0n) is 9.67. The van der Waals surface area contributed by atoms with Gasteiger partial charge in [-0.3, -0.25) is 4.79 Å². The van der Waals surface area contributed by atoms with Crippen LogP contribution < -0.4 is 11.1 Å². The van der Waals surface area contributed by atoms with Crippen molar-refractivity contribution in [2.75, 3.05) is 5.32 Å². The minimum atomic E-state index is -0.445. The molecule has 0 aliphatic rings. The normalized spacial score (nSPS) is 12.2. The average Bonchev–Trinajstić information content (AvgIpc) is 2.21. The van der Waals surface area contributed by atoms with Crippen molar-refractivity contribution in [3.05, 3.63) is 28.5 Å². The molecular formula is C12H16BrFN2O. The highest BCUT2D eigenvalue weighted by Gasteiger charge is 2.07. The van der Waals surface area contributed by atoms with Gasteiger partial charge < -0.3 is 11.1 Å². The molecule has 0 saturated carbocycles. The molecule has 1 amide bonds. The number of carbonyl (C=O) groups is 1. The summed E-state index contributed by atoms with van der Waals surface area (Å²) in [6, 6.07) is 4.62. The summed E-state index contributed by atoms with van der Waals surface area (Å²) in [4.78, 5) is 11.5. The van der Waals surface area contributed by atoms with E-state index in [4.69, 9.17) is 5.73 Å². The summed E-state index contributed by atoms with van der Waals surface area (Å²) in [7, 11) is 0. The first-order valence-corrected chi connectivity index (χ1v) is 6.29. The molecule has 0 aromatic heterocycles. The predicted molar refractivity (Wildman–Crippen MR) is 70.2 cm³/mol. The van der Waals surface area contributed by atoms with Crippen molar-refractivity contribution in [3.8, 4) is 0 Å². The number of nitrogens with two attached hydrogens (primary N) is 1. The lowest BCUT2D eigenvalue weighted by Crippen LogP contribution is -2.17. The maximum absolute atomic E-state index is 13.4. The first-order valence-electron chi connectivity index (χ1n) is 5.49. The van der Waals surface area contributed by atoms with Crippen LogP contribution in [0.2, 0.25) is 0 Å². The van der Waals surface area contributed by atoms with E-state index < -0.39 is 5.82 Å². The largest absolute Gasteiger partial charge is 0.328 e. The number of rotatable bonds is 5. The Kier molecular flexibility index (Phi) is 5.58. The van der Waals surface area contributed by atoms with Gasteiger partial charge in [-0.2, -0.15) is 0 Å². The van der Waals surface area contributed by atoms with Gasteiger partial charge in [0.1, 0.15) is 5.82 Å². The van der Waals surface area contributed by atoms with Crippen molar-refractivity contribution in [3.63, 3.8) is 0 Å². The van der Waals surface area contributed by atoms with Gasteiger partial charge in [-0.25, -0.2) is 4.39 Å². The van der Waals surface area contributed by atoms with Crippen molar-refractivity contribution in [1.82, 2.24) is 0 Å². The molecule has 3 nitrogen and oxygen atoms in total. The molecule has 0 saturated heterocycles. The van der Waals surface area contributed by atoms with Gasteiger partial charge in [0.25, 0.3) is 0 Å². The van der Waals surface area contributed by atoms with Crippen molar-refractivity contribution >= 4 is 27.5 Å². The van der Waals surface area contributed by atoms with E-state index in [0.29, 0.717) is 17.3 Å². The summed E-state index contributed by atoms with van der Waals surface area (Å²) in [5, 5.41) is 2.54. The molecule has 3 N–H and O–H groups in total. The smallest absolute Gasteiger partial charge is 0.224 e. The Balaban J connectivity index is 2.45. The third-order valence-electron chi connectivity index (χ3n) is 2.27. The minimum absolute atomic E-state index is 0.0900. The SMILES string of the molecule is CC(N)CCCC(=O)Nc1ccc(Br)cc1F. The molecule has 0 spiro atoms. The first kappa shape index (κ1) is 14.1. The van der Waals surface area contributed by atoms with Crippen LogP contribution in [0.5, 0.6) is 0 Å². The highest BCUT2D eigenvalue weighted by Crippen LogP contribution is 2.19. The average molecular weight is 303 g/mol. The van der Waals surface area contributed by atoms with Crippen molar-refractivity contribution in [1.29, 1.82) is 0 Å². The van der Waals surface area contributed by atoms with Crippen LogP contribution in [0.1, 0.15) is 26.2 Å². The van der Waals surface area contributed by atoms with E-state index in [1.54, 1.807) is 6.07 Å². The lowest BCUT2D eigenvalue weighted by atomic mass is 10.1. The van der Waals surface area contributed by atoms with Crippen molar-refractivity contribution in [2.24, 2.45) is 5.73 Å². The molecule has 1 unspecified atom stereocenters. The molecule has 0 bridgehead atoms. The van der Waals surface area contributed by atoms with Crippen LogP contribution in [0.4, 0.5) is 10.1 Å². The quantitative estimate of drug-likeness (QED) is 0.878. The number of halogens is 2. The summed E-state index contributed by atoms with van der Waals surface area (Å²) < 4.78 is 14.0. The Bertz CT molecular complexity index is 396. The van der Waals surface area contributed by atoms with E-state index >= 15 is 0 Å². The molecule has 17 heavy (non-hydrogen) atoms. The Hall–Kier alpha value is -0.940. The van der Waals surface area contributed by atoms with Crippen LogP contribution in [0.25, 0.3) is 0 Å². The van der Waals surface area contributed by atoms with E-state index in [-0.39, 0.29) is 17.6 Å². The summed E-state index contributed by atoms with van der Waals surface area (Å²) >= 11 is 3.15. The summed E-state index contributed by atoms with van der Waals surface area (Å²) in [6.45, 7) is 1.90. The monoisotopic (exact) mass is 302 g/mol. The molecule has 94 valence electrons. The third-order valence-corrected chi connectivity index (χ3v) is 2.76. The molecular weight excluding hydrogens is 287 g/mol. The fourth-order valence-corrected chi connectivity index (χ4v) is 1.72. The first-order chi connectivity index (χ1) is 7.99. The number of hydrogen-bond acceptors (Lipinski definition) is 2. The van der Waals surface area contributed by atoms with E-state index in [9.17, 15) is 9.18 Å². The molecule has 0 aliphatic heterocycles. The van der Waals surface area contributed by atoms with Crippen LogP contribution in [-0.4, -0.2) is 11.9 Å². The molecule has 1 aromatic carbocycles. The summed E-state index contributed by atoms with van der Waals surface area (Å²) in [5.74, 6) is -0.633. The fraction of sp³-hybridized carbons (Fsp3) is 0.417. The van der Waals surface area contributed by atoms with Crippen LogP contribution in [0.3, 0.4) is 0 Å². The van der Waals surface area contributed by atoms with Crippen molar-refractivity contribution in [2.45, 2.75) is 32.2 Å². The van der Waals surface area contributed by atoms with Crippen molar-refractivity contribution < 1.29 is 9.18 Å². The Morgan fingerprint density at radius 1 is 1.59 bits per heavy atom. The Labute approximate surface area is 109 Å². The molecule has 1 aromatic rings. The van der Waals surface area contributed by atoms with E-state index in [1.165, 1.54) is 12.1 Å². The lowest BCUT2D eigenvalue weighted by molar-refractivity contribution is -0.116. The Morgan fingerprint density at radius 3 is 2.88 bits per heavy atom. The van der Waals surface area contributed by atoms with Gasteiger partial charge in [-0.1, -0.05) is 15.9 Å². The number of benzene rings is 1. The predicted octanol–water partition coefficient (Wildman–Crippen LogP) is 3.04. The van der Waals surface area contributed by atoms with Crippen LogP contribution in [-0.2, 0) is 4.79 Å². The lowest BCUT2D eigenvalue weighted by Gasteiger charge is -2.07. The van der Waals surface area contributed by atoms with E-state index in [1.807, 2.05) is 6.92 Å². The number of hydrogen-bond donors (Lipinski definition) is 2. The third kappa shape index (κ3) is 5.28. The highest BCUT2D eigenvalue weighted by atomic mass is 79.9. The minimum Gasteiger partial charge on any atom is -0.328 e. The highest BCUT2D eigenvalue weighted by molar-refractivity contribution is 9.10. The maximum atomic E-state index is 13.4. The van der Waals surface area contributed by atoms with E-state index in [0.717, 1.165) is 6.42 Å². The van der Waals surface area contributed by atoms with Gasteiger partial charge in [0.15, 0.2) is 0 Å². The van der Waals surface area contributed by atoms with Gasteiger partial charge in [-0.15, -0.1) is 0 Å². The molecule has 5 heteroatoms. The maximum Gasteiger partial charge on any atom is 0.224 e. The van der Waals surface area contributed by atoms with Gasteiger partial charge in [0.2, 0.25) is 5.91 Å². The number of nitrogens with one attached hydrogen (secondary N) is 1. The Morgan fingerprint density at radius 2 is 2.29 bits per heavy atom. The molecule has 1 rings (SSSR count). The van der Waals surface area contributed by atoms with Crippen LogP contribution in [0, 0.1) is 5.82 Å². The van der Waals surface area contributed by atoms with Gasteiger partial charge in [0.05, 0.1) is 5.69 Å². The number of carbonyl (C=O) groups excluding carboxylic acids is 1. The molecule has 1 atom stereocenters. The van der Waals surface area contributed by atoms with E-state index in [2.05, 4.69) is 21.2 Å². The number of amides is 1. The second-order valence-corrected chi connectivity index (χ2v) is 4.96. The standard InChI is InChI=1S/C12H16BrFN2O/c1-8(15)3-2-4-12(17)16-11-6-5-9(13)7-10(11)14/h5-8H,2-4,15H2,1H3,(H,16,17). The van der Waals surface area contributed by atoms with Gasteiger partial charge >= 0.3 is 0 Å². The summed E-state index contributed by atoms with van der Waals surface area (Å²) in [6.07, 6.45) is 1.86. The second-order valence-electron chi connectivity index (χ2n) is 4.04. The second kappa shape index (κ2) is 6.71. The molecule has 0 radical (unpaired) electrons.